The third-order valence-corrected chi connectivity index (χ3v) is 4.55. The number of alkyl halides is 2. The standard InChI is InChI=1S/C16H22F2N4O3/c1-15(2,22-6-4-16(17,18)10-22)7-11(8-19)13(23)21-5-3-12(9-21)25-14(20)24/h7,12H,3-6,9-10H2,1-2H3,(H2,20,24). The number of nitrogens with two attached hydrogens (primary N) is 1. The zero-order chi connectivity index (χ0) is 18.8. The lowest BCUT2D eigenvalue weighted by atomic mass is 9.99. The van der Waals surface area contributed by atoms with Crippen LogP contribution in [0.15, 0.2) is 11.6 Å². The van der Waals surface area contributed by atoms with Crippen LogP contribution >= 0.6 is 0 Å². The van der Waals surface area contributed by atoms with Crippen molar-refractivity contribution in [3.05, 3.63) is 11.6 Å². The van der Waals surface area contributed by atoms with E-state index in [9.17, 15) is 23.6 Å². The molecule has 0 radical (unpaired) electrons. The summed E-state index contributed by atoms with van der Waals surface area (Å²) in [5, 5.41) is 9.34. The summed E-state index contributed by atoms with van der Waals surface area (Å²) in [6.07, 6.45) is 0.227. The maximum absolute atomic E-state index is 13.4. The molecule has 1 unspecified atom stereocenters. The lowest BCUT2D eigenvalue weighted by Gasteiger charge is -2.33. The van der Waals surface area contributed by atoms with Crippen molar-refractivity contribution in [1.82, 2.24) is 9.80 Å². The first-order valence-corrected chi connectivity index (χ1v) is 8.05. The fourth-order valence-electron chi connectivity index (χ4n) is 3.16. The summed E-state index contributed by atoms with van der Waals surface area (Å²) in [6, 6.07) is 1.86. The molecular formula is C16H22F2N4O3. The Hall–Kier alpha value is -2.21. The minimum Gasteiger partial charge on any atom is -0.444 e. The molecule has 2 N–H and O–H groups in total. The van der Waals surface area contributed by atoms with Gasteiger partial charge in [0.15, 0.2) is 0 Å². The lowest BCUT2D eigenvalue weighted by Crippen LogP contribution is -2.43. The van der Waals surface area contributed by atoms with E-state index in [4.69, 9.17) is 10.5 Å². The van der Waals surface area contributed by atoms with Crippen molar-refractivity contribution in [3.63, 3.8) is 0 Å². The number of halogens is 2. The molecule has 0 aromatic heterocycles. The van der Waals surface area contributed by atoms with Crippen molar-refractivity contribution in [2.24, 2.45) is 5.73 Å². The van der Waals surface area contributed by atoms with Crippen LogP contribution in [0, 0.1) is 11.3 Å². The number of ether oxygens (including phenoxy) is 1. The molecule has 2 amide bonds. The maximum Gasteiger partial charge on any atom is 0.404 e. The maximum atomic E-state index is 13.4. The van der Waals surface area contributed by atoms with Crippen LogP contribution < -0.4 is 5.73 Å². The Bertz CT molecular complexity index is 627. The summed E-state index contributed by atoms with van der Waals surface area (Å²) in [4.78, 5) is 26.3. The molecule has 9 heteroatoms. The Morgan fingerprint density at radius 3 is 2.60 bits per heavy atom. The highest BCUT2D eigenvalue weighted by Gasteiger charge is 2.43. The van der Waals surface area contributed by atoms with Gasteiger partial charge in [-0.15, -0.1) is 0 Å². The van der Waals surface area contributed by atoms with Crippen molar-refractivity contribution in [3.8, 4) is 6.07 Å². The van der Waals surface area contributed by atoms with E-state index in [-0.39, 0.29) is 25.1 Å². The van der Waals surface area contributed by atoms with Crippen LogP contribution in [0.1, 0.15) is 26.7 Å². The molecule has 0 aliphatic carbocycles. The van der Waals surface area contributed by atoms with Crippen LogP contribution in [-0.4, -0.2) is 65.5 Å². The highest BCUT2D eigenvalue weighted by atomic mass is 19.3. The minimum atomic E-state index is -2.75. The molecule has 2 aliphatic rings. The van der Waals surface area contributed by atoms with Crippen LogP contribution in [0.3, 0.4) is 0 Å². The van der Waals surface area contributed by atoms with Gasteiger partial charge in [0.2, 0.25) is 0 Å². The number of likely N-dealkylation sites (tertiary alicyclic amines) is 2. The highest BCUT2D eigenvalue weighted by Crippen LogP contribution is 2.33. The molecule has 0 spiro atoms. The van der Waals surface area contributed by atoms with E-state index in [1.807, 2.05) is 6.07 Å². The topological polar surface area (TPSA) is 99.7 Å². The van der Waals surface area contributed by atoms with Gasteiger partial charge in [-0.05, 0) is 19.9 Å². The molecular weight excluding hydrogens is 334 g/mol. The highest BCUT2D eigenvalue weighted by molar-refractivity contribution is 5.97. The summed E-state index contributed by atoms with van der Waals surface area (Å²) < 4.78 is 31.7. The van der Waals surface area contributed by atoms with E-state index < -0.39 is 36.1 Å². The molecule has 2 fully saturated rings. The Balaban J connectivity index is 2.08. The van der Waals surface area contributed by atoms with Gasteiger partial charge < -0.3 is 15.4 Å². The quantitative estimate of drug-likeness (QED) is 0.604. The van der Waals surface area contributed by atoms with Gasteiger partial charge in [-0.2, -0.15) is 5.26 Å². The van der Waals surface area contributed by atoms with Gasteiger partial charge in [-0.25, -0.2) is 13.6 Å². The first kappa shape index (κ1) is 19.1. The number of primary amides is 1. The van der Waals surface area contributed by atoms with Crippen LogP contribution in [-0.2, 0) is 9.53 Å². The van der Waals surface area contributed by atoms with Gasteiger partial charge in [-0.1, -0.05) is 0 Å². The van der Waals surface area contributed by atoms with Crippen molar-refractivity contribution < 1.29 is 23.1 Å². The number of carbonyl (C=O) groups is 2. The Morgan fingerprint density at radius 2 is 2.08 bits per heavy atom. The third-order valence-electron chi connectivity index (χ3n) is 4.55. The molecule has 7 nitrogen and oxygen atoms in total. The fraction of sp³-hybridized carbons (Fsp3) is 0.688. The van der Waals surface area contributed by atoms with Gasteiger partial charge in [0.1, 0.15) is 17.7 Å². The van der Waals surface area contributed by atoms with Crippen LogP contribution in [0.25, 0.3) is 0 Å². The number of amides is 2. The Morgan fingerprint density at radius 1 is 1.40 bits per heavy atom. The van der Waals surface area contributed by atoms with Gasteiger partial charge >= 0.3 is 6.09 Å². The Labute approximate surface area is 145 Å². The SMILES string of the molecule is CC(C)(C=C(C#N)C(=O)N1CCC(OC(N)=O)C1)N1CCC(F)(F)C1. The number of carbonyl (C=O) groups excluding carboxylic acids is 2. The second-order valence-electron chi connectivity index (χ2n) is 6.95. The number of rotatable bonds is 4. The van der Waals surface area contributed by atoms with Gasteiger partial charge in [-0.3, -0.25) is 9.69 Å². The number of hydrogen-bond donors (Lipinski definition) is 1. The van der Waals surface area contributed by atoms with E-state index in [2.05, 4.69) is 0 Å². The van der Waals surface area contributed by atoms with E-state index in [0.29, 0.717) is 13.0 Å². The van der Waals surface area contributed by atoms with Crippen LogP contribution in [0.5, 0.6) is 0 Å². The first-order chi connectivity index (χ1) is 11.5. The molecule has 2 heterocycles. The van der Waals surface area contributed by atoms with E-state index in [1.54, 1.807) is 18.7 Å². The molecule has 1 atom stereocenters. The summed E-state index contributed by atoms with van der Waals surface area (Å²) in [5.41, 5.74) is 3.99. The fourth-order valence-corrected chi connectivity index (χ4v) is 3.16. The molecule has 0 bridgehead atoms. The number of nitrogens with zero attached hydrogens (tertiary/aromatic N) is 3. The smallest absolute Gasteiger partial charge is 0.404 e. The predicted octanol–water partition coefficient (Wildman–Crippen LogP) is 1.25. The summed E-state index contributed by atoms with van der Waals surface area (Å²) in [7, 11) is 0. The van der Waals surface area contributed by atoms with Crippen molar-refractivity contribution in [1.29, 1.82) is 5.26 Å². The van der Waals surface area contributed by atoms with Gasteiger partial charge in [0.25, 0.3) is 11.8 Å². The molecule has 2 rings (SSSR count). The van der Waals surface area contributed by atoms with Crippen molar-refractivity contribution >= 4 is 12.0 Å². The minimum absolute atomic E-state index is 0.111. The lowest BCUT2D eigenvalue weighted by molar-refractivity contribution is -0.126. The normalized spacial score (nSPS) is 24.2. The third kappa shape index (κ3) is 4.66. The van der Waals surface area contributed by atoms with E-state index in [1.165, 1.54) is 11.0 Å². The Kier molecular flexibility index (Phi) is 5.32. The second kappa shape index (κ2) is 6.96. The van der Waals surface area contributed by atoms with E-state index >= 15 is 0 Å². The monoisotopic (exact) mass is 356 g/mol. The largest absolute Gasteiger partial charge is 0.444 e. The first-order valence-electron chi connectivity index (χ1n) is 8.05. The average molecular weight is 356 g/mol. The summed E-state index contributed by atoms with van der Waals surface area (Å²) >= 11 is 0. The zero-order valence-electron chi connectivity index (χ0n) is 14.3. The van der Waals surface area contributed by atoms with Crippen LogP contribution in [0.4, 0.5) is 13.6 Å². The average Bonchev–Trinajstić information content (AvgIpc) is 3.10. The molecule has 0 aromatic rings. The molecule has 2 aliphatic heterocycles. The molecule has 2 saturated heterocycles. The summed E-state index contributed by atoms with van der Waals surface area (Å²) in [6.45, 7) is 3.67. The number of nitriles is 1. The van der Waals surface area contributed by atoms with Gasteiger partial charge in [0, 0.05) is 31.5 Å². The molecule has 138 valence electrons. The number of hydrogen-bond acceptors (Lipinski definition) is 5. The van der Waals surface area contributed by atoms with Crippen molar-refractivity contribution in [2.45, 2.75) is 44.3 Å². The second-order valence-corrected chi connectivity index (χ2v) is 6.95. The molecule has 25 heavy (non-hydrogen) atoms. The summed E-state index contributed by atoms with van der Waals surface area (Å²) in [5.74, 6) is -3.26. The predicted molar refractivity (Wildman–Crippen MR) is 84.6 cm³/mol. The van der Waals surface area contributed by atoms with E-state index in [0.717, 1.165) is 0 Å². The van der Waals surface area contributed by atoms with Gasteiger partial charge in [0.05, 0.1) is 13.1 Å². The zero-order valence-corrected chi connectivity index (χ0v) is 14.3. The molecule has 0 saturated carbocycles. The van der Waals surface area contributed by atoms with Crippen molar-refractivity contribution in [2.75, 3.05) is 26.2 Å². The molecule has 0 aromatic carbocycles. The van der Waals surface area contributed by atoms with Crippen LogP contribution in [0.2, 0.25) is 0 Å².